The van der Waals surface area contributed by atoms with Gasteiger partial charge in [0.05, 0.1) is 10.6 Å². The number of rotatable bonds is 9. The predicted molar refractivity (Wildman–Crippen MR) is 128 cm³/mol. The van der Waals surface area contributed by atoms with Crippen LogP contribution in [0, 0.1) is 10.1 Å². The van der Waals surface area contributed by atoms with Gasteiger partial charge in [-0.3, -0.25) is 20.3 Å². The standard InChI is InChI=1S/C24H20N4O4S/c29-23(30)20(14-19-8-4-5-9-22(19)28(31)32)26-27-24-25-21(15-33-24)18-12-10-17(11-13-18)16-6-2-1-3-7-16/h1-13,15,20,26H,14H2,(H,25,27)(H,29,30). The van der Waals surface area contributed by atoms with E-state index in [2.05, 4.69) is 28.0 Å². The molecule has 0 aliphatic carbocycles. The van der Waals surface area contributed by atoms with E-state index in [1.807, 2.05) is 47.8 Å². The highest BCUT2D eigenvalue weighted by Gasteiger charge is 2.23. The number of anilines is 1. The number of hydrazine groups is 1. The quantitative estimate of drug-likeness (QED) is 0.238. The Hall–Kier alpha value is -4.08. The topological polar surface area (TPSA) is 117 Å². The van der Waals surface area contributed by atoms with E-state index in [0.29, 0.717) is 10.7 Å². The summed E-state index contributed by atoms with van der Waals surface area (Å²) in [6.07, 6.45) is -0.0569. The van der Waals surface area contributed by atoms with Crippen LogP contribution in [0.2, 0.25) is 0 Å². The van der Waals surface area contributed by atoms with E-state index in [-0.39, 0.29) is 12.1 Å². The van der Waals surface area contributed by atoms with E-state index in [0.717, 1.165) is 22.4 Å². The summed E-state index contributed by atoms with van der Waals surface area (Å²) >= 11 is 1.33. The van der Waals surface area contributed by atoms with Gasteiger partial charge in [-0.15, -0.1) is 11.3 Å². The number of carboxylic acids is 1. The fourth-order valence-corrected chi connectivity index (χ4v) is 4.04. The molecule has 0 bridgehead atoms. The SMILES string of the molecule is O=C(O)C(Cc1ccccc1[N+](=O)[O-])NNc1nc(-c2ccc(-c3ccccc3)cc2)cs1. The zero-order valence-corrected chi connectivity index (χ0v) is 18.2. The van der Waals surface area contributed by atoms with Crippen molar-refractivity contribution in [3.8, 4) is 22.4 Å². The van der Waals surface area contributed by atoms with Crippen LogP contribution < -0.4 is 10.9 Å². The van der Waals surface area contributed by atoms with Crippen LogP contribution in [0.4, 0.5) is 10.8 Å². The molecule has 4 rings (SSSR count). The van der Waals surface area contributed by atoms with Crippen LogP contribution in [-0.2, 0) is 11.2 Å². The number of benzene rings is 3. The normalized spacial score (nSPS) is 11.6. The molecule has 0 fully saturated rings. The number of aliphatic carboxylic acids is 1. The first-order valence-electron chi connectivity index (χ1n) is 10.1. The number of thiazole rings is 1. The summed E-state index contributed by atoms with van der Waals surface area (Å²) in [6.45, 7) is 0. The first kappa shape index (κ1) is 22.1. The molecule has 8 nitrogen and oxygen atoms in total. The highest BCUT2D eigenvalue weighted by atomic mass is 32.1. The number of aromatic nitrogens is 1. The molecule has 1 unspecified atom stereocenters. The molecule has 9 heteroatoms. The molecule has 166 valence electrons. The Morgan fingerprint density at radius 1 is 0.970 bits per heavy atom. The van der Waals surface area contributed by atoms with E-state index >= 15 is 0 Å². The minimum absolute atomic E-state index is 0.0569. The van der Waals surface area contributed by atoms with Crippen LogP contribution in [0.25, 0.3) is 22.4 Å². The zero-order valence-electron chi connectivity index (χ0n) is 17.3. The van der Waals surface area contributed by atoms with Crippen molar-refractivity contribution in [2.75, 3.05) is 5.43 Å². The molecular weight excluding hydrogens is 440 g/mol. The fourth-order valence-electron chi connectivity index (χ4n) is 3.36. The maximum absolute atomic E-state index is 11.7. The molecule has 0 aliphatic rings. The number of para-hydroxylation sites is 1. The van der Waals surface area contributed by atoms with Gasteiger partial charge >= 0.3 is 5.97 Å². The number of hydrogen-bond acceptors (Lipinski definition) is 7. The number of nitrogens with zero attached hydrogens (tertiary/aromatic N) is 2. The number of hydrogen-bond donors (Lipinski definition) is 3. The largest absolute Gasteiger partial charge is 0.480 e. The average Bonchev–Trinajstić information content (AvgIpc) is 3.31. The Morgan fingerprint density at radius 2 is 1.61 bits per heavy atom. The predicted octanol–water partition coefficient (Wildman–Crippen LogP) is 5.00. The Bertz CT molecular complexity index is 1260. The third-order valence-electron chi connectivity index (χ3n) is 5.06. The van der Waals surface area contributed by atoms with Crippen molar-refractivity contribution in [3.05, 3.63) is 99.9 Å². The van der Waals surface area contributed by atoms with E-state index in [1.54, 1.807) is 18.2 Å². The third-order valence-corrected chi connectivity index (χ3v) is 5.81. The van der Waals surface area contributed by atoms with Gasteiger partial charge in [-0.1, -0.05) is 72.8 Å². The second kappa shape index (κ2) is 10.0. The van der Waals surface area contributed by atoms with Crippen LogP contribution >= 0.6 is 11.3 Å². The van der Waals surface area contributed by atoms with Crippen LogP contribution in [0.3, 0.4) is 0 Å². The van der Waals surface area contributed by atoms with Gasteiger partial charge in [0.25, 0.3) is 5.69 Å². The minimum atomic E-state index is -1.13. The van der Waals surface area contributed by atoms with Gasteiger partial charge in [-0.05, 0) is 11.1 Å². The summed E-state index contributed by atoms with van der Waals surface area (Å²) < 4.78 is 0. The highest BCUT2D eigenvalue weighted by molar-refractivity contribution is 7.14. The van der Waals surface area contributed by atoms with Gasteiger partial charge in [0.1, 0.15) is 6.04 Å². The van der Waals surface area contributed by atoms with Crippen LogP contribution in [0.5, 0.6) is 0 Å². The van der Waals surface area contributed by atoms with Crippen molar-refractivity contribution in [1.29, 1.82) is 0 Å². The lowest BCUT2D eigenvalue weighted by atomic mass is 10.0. The van der Waals surface area contributed by atoms with Gasteiger partial charge in [-0.25, -0.2) is 10.4 Å². The van der Waals surface area contributed by atoms with E-state index in [4.69, 9.17) is 0 Å². The molecule has 0 saturated heterocycles. The summed E-state index contributed by atoms with van der Waals surface area (Å²) in [5, 5.41) is 23.1. The monoisotopic (exact) mass is 460 g/mol. The number of carbonyl (C=O) groups is 1. The van der Waals surface area contributed by atoms with E-state index in [1.165, 1.54) is 17.4 Å². The number of nitro benzene ring substituents is 1. The van der Waals surface area contributed by atoms with Gasteiger partial charge in [0.15, 0.2) is 5.13 Å². The number of nitro groups is 1. The van der Waals surface area contributed by atoms with Crippen molar-refractivity contribution >= 4 is 28.1 Å². The van der Waals surface area contributed by atoms with Gasteiger partial charge in [0, 0.05) is 29.0 Å². The van der Waals surface area contributed by atoms with Gasteiger partial charge in [0.2, 0.25) is 0 Å². The van der Waals surface area contributed by atoms with Crippen molar-refractivity contribution in [2.45, 2.75) is 12.5 Å². The first-order chi connectivity index (χ1) is 16.0. The Morgan fingerprint density at radius 3 is 2.30 bits per heavy atom. The summed E-state index contributed by atoms with van der Waals surface area (Å²) in [7, 11) is 0. The maximum Gasteiger partial charge on any atom is 0.322 e. The lowest BCUT2D eigenvalue weighted by Gasteiger charge is -2.15. The Kier molecular flexibility index (Phi) is 6.72. The smallest absolute Gasteiger partial charge is 0.322 e. The molecular formula is C24H20N4O4S. The Labute approximate surface area is 193 Å². The summed E-state index contributed by atoms with van der Waals surface area (Å²) in [5.41, 5.74) is 9.71. The molecule has 0 saturated carbocycles. The Balaban J connectivity index is 1.42. The fraction of sp³-hybridized carbons (Fsp3) is 0.0833. The molecule has 33 heavy (non-hydrogen) atoms. The minimum Gasteiger partial charge on any atom is -0.480 e. The van der Waals surface area contributed by atoms with E-state index < -0.39 is 16.9 Å². The lowest BCUT2D eigenvalue weighted by Crippen LogP contribution is -2.42. The van der Waals surface area contributed by atoms with Gasteiger partial charge in [-0.2, -0.15) is 0 Å². The lowest BCUT2D eigenvalue weighted by molar-refractivity contribution is -0.385. The van der Waals surface area contributed by atoms with Crippen LogP contribution in [0.1, 0.15) is 5.56 Å². The molecule has 0 aliphatic heterocycles. The van der Waals surface area contributed by atoms with Crippen molar-refractivity contribution < 1.29 is 14.8 Å². The first-order valence-corrected chi connectivity index (χ1v) is 11.0. The summed E-state index contributed by atoms with van der Waals surface area (Å²) in [6, 6.07) is 23.1. The molecule has 1 atom stereocenters. The third kappa shape index (κ3) is 5.40. The van der Waals surface area contributed by atoms with Crippen LogP contribution in [0.15, 0.2) is 84.2 Å². The van der Waals surface area contributed by atoms with Crippen LogP contribution in [-0.4, -0.2) is 27.0 Å². The molecule has 4 aromatic rings. The van der Waals surface area contributed by atoms with Crippen molar-refractivity contribution in [1.82, 2.24) is 10.4 Å². The molecule has 0 radical (unpaired) electrons. The molecule has 1 aromatic heterocycles. The second-order valence-electron chi connectivity index (χ2n) is 7.23. The molecule has 3 aromatic carbocycles. The second-order valence-corrected chi connectivity index (χ2v) is 8.09. The highest BCUT2D eigenvalue weighted by Crippen LogP contribution is 2.27. The summed E-state index contributed by atoms with van der Waals surface area (Å²) in [5.74, 6) is -1.13. The number of carboxylic acid groups (broad SMARTS) is 1. The van der Waals surface area contributed by atoms with Gasteiger partial charge < -0.3 is 5.11 Å². The molecule has 0 spiro atoms. The summed E-state index contributed by atoms with van der Waals surface area (Å²) in [4.78, 5) is 26.9. The molecule has 0 amide bonds. The van der Waals surface area contributed by atoms with Crippen molar-refractivity contribution in [3.63, 3.8) is 0 Å². The van der Waals surface area contributed by atoms with E-state index in [9.17, 15) is 20.0 Å². The molecule has 1 heterocycles. The average molecular weight is 461 g/mol. The zero-order chi connectivity index (χ0) is 23.2. The number of nitrogens with one attached hydrogen (secondary N) is 2. The van der Waals surface area contributed by atoms with Crippen molar-refractivity contribution in [2.24, 2.45) is 0 Å². The molecule has 3 N–H and O–H groups in total. The maximum atomic E-state index is 11.7.